The standard InChI is InChI=1S/C11H15N3OS/c1-3-13-7-8(2)10(15)14-11-9(6-12)4-5-16-11/h4-5,8,13H,3,7H2,1-2H3,(H,14,15). The number of rotatable bonds is 5. The Morgan fingerprint density at radius 2 is 2.44 bits per heavy atom. The zero-order chi connectivity index (χ0) is 12.0. The quantitative estimate of drug-likeness (QED) is 0.820. The number of nitriles is 1. The Labute approximate surface area is 99.3 Å². The summed E-state index contributed by atoms with van der Waals surface area (Å²) in [6, 6.07) is 3.75. The van der Waals surface area contributed by atoms with E-state index >= 15 is 0 Å². The number of anilines is 1. The molecule has 1 aromatic rings. The zero-order valence-corrected chi connectivity index (χ0v) is 10.2. The van der Waals surface area contributed by atoms with Crippen LogP contribution >= 0.6 is 11.3 Å². The average molecular weight is 237 g/mol. The van der Waals surface area contributed by atoms with E-state index in [1.54, 1.807) is 11.4 Å². The van der Waals surface area contributed by atoms with Crippen LogP contribution in [-0.4, -0.2) is 19.0 Å². The van der Waals surface area contributed by atoms with E-state index in [0.717, 1.165) is 6.54 Å². The van der Waals surface area contributed by atoms with Crippen molar-refractivity contribution >= 4 is 22.2 Å². The minimum absolute atomic E-state index is 0.0556. The molecule has 0 saturated carbocycles. The summed E-state index contributed by atoms with van der Waals surface area (Å²) >= 11 is 1.37. The van der Waals surface area contributed by atoms with E-state index in [0.29, 0.717) is 17.1 Å². The van der Waals surface area contributed by atoms with E-state index in [1.807, 2.05) is 19.9 Å². The SMILES string of the molecule is CCNCC(C)C(=O)Nc1sccc1C#N. The van der Waals surface area contributed by atoms with E-state index < -0.39 is 0 Å². The molecular weight excluding hydrogens is 222 g/mol. The number of nitrogens with one attached hydrogen (secondary N) is 2. The maximum absolute atomic E-state index is 11.7. The molecule has 0 bridgehead atoms. The molecule has 1 atom stereocenters. The summed E-state index contributed by atoms with van der Waals surface area (Å²) in [5, 5.41) is 17.1. The second-order valence-electron chi connectivity index (χ2n) is 3.47. The maximum atomic E-state index is 11.7. The molecule has 86 valence electrons. The summed E-state index contributed by atoms with van der Waals surface area (Å²) in [6.07, 6.45) is 0. The fourth-order valence-electron chi connectivity index (χ4n) is 1.18. The Balaban J connectivity index is 2.54. The summed E-state index contributed by atoms with van der Waals surface area (Å²) < 4.78 is 0. The van der Waals surface area contributed by atoms with Crippen molar-refractivity contribution in [2.45, 2.75) is 13.8 Å². The Hall–Kier alpha value is -1.38. The molecule has 5 heteroatoms. The van der Waals surface area contributed by atoms with Crippen LogP contribution in [0.2, 0.25) is 0 Å². The summed E-state index contributed by atoms with van der Waals surface area (Å²) in [5.74, 6) is -0.159. The van der Waals surface area contributed by atoms with Gasteiger partial charge in [0.25, 0.3) is 0 Å². The molecule has 0 aliphatic carbocycles. The van der Waals surface area contributed by atoms with Gasteiger partial charge in [0, 0.05) is 12.5 Å². The molecule has 1 aromatic heterocycles. The van der Waals surface area contributed by atoms with Crippen LogP contribution in [0.25, 0.3) is 0 Å². The van der Waals surface area contributed by atoms with Gasteiger partial charge in [-0.1, -0.05) is 13.8 Å². The molecule has 4 nitrogen and oxygen atoms in total. The van der Waals surface area contributed by atoms with E-state index in [-0.39, 0.29) is 11.8 Å². The fourth-order valence-corrected chi connectivity index (χ4v) is 1.92. The number of hydrogen-bond acceptors (Lipinski definition) is 4. The van der Waals surface area contributed by atoms with Crippen LogP contribution in [0.15, 0.2) is 11.4 Å². The molecule has 0 spiro atoms. The van der Waals surface area contributed by atoms with Gasteiger partial charge in [-0.2, -0.15) is 5.26 Å². The lowest BCUT2D eigenvalue weighted by molar-refractivity contribution is -0.119. The largest absolute Gasteiger partial charge is 0.316 e. The first-order chi connectivity index (χ1) is 7.69. The first-order valence-electron chi connectivity index (χ1n) is 5.18. The Morgan fingerprint density at radius 1 is 1.69 bits per heavy atom. The molecule has 1 heterocycles. The third-order valence-electron chi connectivity index (χ3n) is 2.17. The van der Waals surface area contributed by atoms with Crippen LogP contribution in [0.4, 0.5) is 5.00 Å². The van der Waals surface area contributed by atoms with Gasteiger partial charge in [-0.05, 0) is 18.0 Å². The van der Waals surface area contributed by atoms with Crippen LogP contribution in [0.5, 0.6) is 0 Å². The predicted molar refractivity (Wildman–Crippen MR) is 65.4 cm³/mol. The number of carbonyl (C=O) groups excluding carboxylic acids is 1. The van der Waals surface area contributed by atoms with Gasteiger partial charge >= 0.3 is 0 Å². The Bertz CT molecular complexity index is 394. The third kappa shape index (κ3) is 3.33. The van der Waals surface area contributed by atoms with Crippen molar-refractivity contribution in [2.75, 3.05) is 18.4 Å². The van der Waals surface area contributed by atoms with Gasteiger partial charge in [-0.15, -0.1) is 11.3 Å². The van der Waals surface area contributed by atoms with E-state index in [9.17, 15) is 4.79 Å². The average Bonchev–Trinajstić information content (AvgIpc) is 2.72. The van der Waals surface area contributed by atoms with Gasteiger partial charge in [-0.3, -0.25) is 4.79 Å². The lowest BCUT2D eigenvalue weighted by atomic mass is 10.1. The van der Waals surface area contributed by atoms with Gasteiger partial charge in [0.05, 0.1) is 5.56 Å². The van der Waals surface area contributed by atoms with Gasteiger partial charge < -0.3 is 10.6 Å². The van der Waals surface area contributed by atoms with E-state index in [1.165, 1.54) is 11.3 Å². The highest BCUT2D eigenvalue weighted by Gasteiger charge is 2.14. The van der Waals surface area contributed by atoms with Crippen LogP contribution in [0.1, 0.15) is 19.4 Å². The fraction of sp³-hybridized carbons (Fsp3) is 0.455. The molecule has 1 rings (SSSR count). The van der Waals surface area contributed by atoms with Gasteiger partial charge in [-0.25, -0.2) is 0 Å². The van der Waals surface area contributed by atoms with E-state index in [4.69, 9.17) is 5.26 Å². The highest BCUT2D eigenvalue weighted by molar-refractivity contribution is 7.14. The number of amides is 1. The summed E-state index contributed by atoms with van der Waals surface area (Å²) in [5.41, 5.74) is 0.522. The number of thiophene rings is 1. The third-order valence-corrected chi connectivity index (χ3v) is 3.00. The molecular formula is C11H15N3OS. The molecule has 0 fully saturated rings. The highest BCUT2D eigenvalue weighted by Crippen LogP contribution is 2.22. The number of carbonyl (C=O) groups is 1. The van der Waals surface area contributed by atoms with Gasteiger partial charge in [0.15, 0.2) is 0 Å². The second-order valence-corrected chi connectivity index (χ2v) is 4.39. The maximum Gasteiger partial charge on any atom is 0.229 e. The van der Waals surface area contributed by atoms with Crippen LogP contribution < -0.4 is 10.6 Å². The number of hydrogen-bond donors (Lipinski definition) is 2. The topological polar surface area (TPSA) is 64.9 Å². The normalized spacial score (nSPS) is 11.8. The smallest absolute Gasteiger partial charge is 0.229 e. The molecule has 0 saturated heterocycles. The highest BCUT2D eigenvalue weighted by atomic mass is 32.1. The zero-order valence-electron chi connectivity index (χ0n) is 9.41. The van der Waals surface area contributed by atoms with Crippen molar-refractivity contribution in [1.29, 1.82) is 5.26 Å². The number of nitrogens with zero attached hydrogens (tertiary/aromatic N) is 1. The molecule has 0 aromatic carbocycles. The molecule has 0 radical (unpaired) electrons. The first-order valence-corrected chi connectivity index (χ1v) is 6.06. The van der Waals surface area contributed by atoms with Crippen molar-refractivity contribution < 1.29 is 4.79 Å². The first kappa shape index (κ1) is 12.7. The van der Waals surface area contributed by atoms with Crippen molar-refractivity contribution in [3.8, 4) is 6.07 Å². The van der Waals surface area contributed by atoms with E-state index in [2.05, 4.69) is 10.6 Å². The lowest BCUT2D eigenvalue weighted by Crippen LogP contribution is -2.30. The molecule has 2 N–H and O–H groups in total. The van der Waals surface area contributed by atoms with Crippen molar-refractivity contribution in [3.05, 3.63) is 17.0 Å². The molecule has 1 unspecified atom stereocenters. The molecule has 16 heavy (non-hydrogen) atoms. The van der Waals surface area contributed by atoms with Crippen LogP contribution in [0.3, 0.4) is 0 Å². The van der Waals surface area contributed by atoms with Crippen molar-refractivity contribution in [1.82, 2.24) is 5.32 Å². The monoisotopic (exact) mass is 237 g/mol. The Morgan fingerprint density at radius 3 is 3.06 bits per heavy atom. The van der Waals surface area contributed by atoms with Crippen LogP contribution in [0, 0.1) is 17.2 Å². The second kappa shape index (κ2) is 6.26. The minimum Gasteiger partial charge on any atom is -0.316 e. The molecule has 0 aliphatic rings. The predicted octanol–water partition coefficient (Wildman–Crippen LogP) is 1.80. The summed E-state index contributed by atoms with van der Waals surface area (Å²) in [4.78, 5) is 11.7. The van der Waals surface area contributed by atoms with Crippen LogP contribution in [-0.2, 0) is 4.79 Å². The molecule has 0 aliphatic heterocycles. The lowest BCUT2D eigenvalue weighted by Gasteiger charge is -2.11. The minimum atomic E-state index is -0.103. The van der Waals surface area contributed by atoms with Crippen molar-refractivity contribution in [2.24, 2.45) is 5.92 Å². The summed E-state index contributed by atoms with van der Waals surface area (Å²) in [7, 11) is 0. The van der Waals surface area contributed by atoms with Gasteiger partial charge in [0.1, 0.15) is 11.1 Å². The van der Waals surface area contributed by atoms with Crippen molar-refractivity contribution in [3.63, 3.8) is 0 Å². The Kier molecular flexibility index (Phi) is 4.96. The molecule has 1 amide bonds. The van der Waals surface area contributed by atoms with Gasteiger partial charge in [0.2, 0.25) is 5.91 Å². The summed E-state index contributed by atoms with van der Waals surface area (Å²) in [6.45, 7) is 5.35.